The Morgan fingerprint density at radius 1 is 1.54 bits per heavy atom. The number of nitrogen functional groups attached to an aromatic ring is 1. The number of hydrogen-bond donors (Lipinski definition) is 2. The molecule has 3 N–H and O–H groups in total. The number of nitrogens with one attached hydrogen (secondary N) is 1. The molecule has 1 rings (SSSR count). The first kappa shape index (κ1) is 10.1. The molecule has 0 aliphatic carbocycles. The molecule has 0 bridgehead atoms. The third-order valence-electron chi connectivity index (χ3n) is 1.51. The molecule has 0 saturated heterocycles. The third-order valence-corrected chi connectivity index (χ3v) is 1.70. The van der Waals surface area contributed by atoms with Gasteiger partial charge in [0.25, 0.3) is 0 Å². The van der Waals surface area contributed by atoms with E-state index in [1.807, 2.05) is 0 Å². The van der Waals surface area contributed by atoms with Crippen molar-refractivity contribution in [2.75, 3.05) is 17.6 Å². The Kier molecular flexibility index (Phi) is 3.37. The predicted molar refractivity (Wildman–Crippen MR) is 57.0 cm³/mol. The molecule has 3 nitrogen and oxygen atoms in total. The Labute approximate surface area is 83.3 Å². The molecule has 1 aromatic heterocycles. The van der Waals surface area contributed by atoms with Crippen molar-refractivity contribution in [2.45, 2.75) is 13.8 Å². The van der Waals surface area contributed by atoms with Gasteiger partial charge >= 0.3 is 0 Å². The lowest BCUT2D eigenvalue weighted by atomic mass is 10.2. The normalized spacial score (nSPS) is 10.5. The van der Waals surface area contributed by atoms with Crippen LogP contribution < -0.4 is 11.1 Å². The fourth-order valence-electron chi connectivity index (χ4n) is 0.916. The lowest BCUT2D eigenvalue weighted by Crippen LogP contribution is -2.09. The summed E-state index contributed by atoms with van der Waals surface area (Å²) in [5, 5.41) is 3.57. The molecular weight excluding hydrogens is 186 g/mol. The smallest absolute Gasteiger partial charge is 0.133 e. The Bertz CT molecular complexity index is 266. The molecule has 0 fully saturated rings. The molecule has 0 aliphatic rings. The van der Waals surface area contributed by atoms with Crippen molar-refractivity contribution in [1.29, 1.82) is 0 Å². The highest BCUT2D eigenvalue weighted by Crippen LogP contribution is 2.15. The van der Waals surface area contributed by atoms with E-state index in [1.54, 1.807) is 12.1 Å². The summed E-state index contributed by atoms with van der Waals surface area (Å²) in [5.74, 6) is 1.31. The van der Waals surface area contributed by atoms with E-state index in [1.165, 1.54) is 0 Å². The second kappa shape index (κ2) is 4.33. The molecule has 72 valence electrons. The fraction of sp³-hybridized carbons (Fsp3) is 0.444. The maximum Gasteiger partial charge on any atom is 0.133 e. The van der Waals surface area contributed by atoms with Crippen LogP contribution in [0.25, 0.3) is 0 Å². The SMILES string of the molecule is CC(C)CNc1cc(N)cc(Cl)n1. The predicted octanol–water partition coefficient (Wildman–Crippen LogP) is 2.39. The summed E-state index contributed by atoms with van der Waals surface area (Å²) in [7, 11) is 0. The largest absolute Gasteiger partial charge is 0.399 e. The lowest BCUT2D eigenvalue weighted by molar-refractivity contribution is 0.687. The summed E-state index contributed by atoms with van der Waals surface area (Å²) in [5.41, 5.74) is 6.23. The molecule has 0 aromatic carbocycles. The zero-order valence-corrected chi connectivity index (χ0v) is 8.60. The van der Waals surface area contributed by atoms with Gasteiger partial charge in [-0.05, 0) is 12.0 Å². The molecule has 0 radical (unpaired) electrons. The van der Waals surface area contributed by atoms with Crippen molar-refractivity contribution >= 4 is 23.1 Å². The van der Waals surface area contributed by atoms with Crippen molar-refractivity contribution in [3.8, 4) is 0 Å². The number of nitrogens with zero attached hydrogens (tertiary/aromatic N) is 1. The zero-order chi connectivity index (χ0) is 9.84. The number of halogens is 1. The van der Waals surface area contributed by atoms with E-state index in [0.717, 1.165) is 12.4 Å². The van der Waals surface area contributed by atoms with Crippen LogP contribution in [0.1, 0.15) is 13.8 Å². The van der Waals surface area contributed by atoms with Crippen molar-refractivity contribution in [2.24, 2.45) is 5.92 Å². The minimum absolute atomic E-state index is 0.422. The van der Waals surface area contributed by atoms with Gasteiger partial charge < -0.3 is 11.1 Å². The van der Waals surface area contributed by atoms with Crippen LogP contribution in [-0.4, -0.2) is 11.5 Å². The summed E-state index contributed by atoms with van der Waals surface area (Å²) in [6.07, 6.45) is 0. The first-order chi connectivity index (χ1) is 6.08. The average molecular weight is 200 g/mol. The topological polar surface area (TPSA) is 50.9 Å². The van der Waals surface area contributed by atoms with Crippen molar-refractivity contribution in [1.82, 2.24) is 4.98 Å². The Morgan fingerprint density at radius 2 is 2.23 bits per heavy atom. The quantitative estimate of drug-likeness (QED) is 0.735. The van der Waals surface area contributed by atoms with Gasteiger partial charge in [-0.1, -0.05) is 25.4 Å². The van der Waals surface area contributed by atoms with Gasteiger partial charge in [0, 0.05) is 18.3 Å². The van der Waals surface area contributed by atoms with Gasteiger partial charge in [0.1, 0.15) is 11.0 Å². The summed E-state index contributed by atoms with van der Waals surface area (Å²) >= 11 is 5.73. The van der Waals surface area contributed by atoms with Crippen LogP contribution in [0.4, 0.5) is 11.5 Å². The van der Waals surface area contributed by atoms with Crippen molar-refractivity contribution < 1.29 is 0 Å². The van der Waals surface area contributed by atoms with Crippen molar-refractivity contribution in [3.05, 3.63) is 17.3 Å². The molecule has 0 saturated carbocycles. The van der Waals surface area contributed by atoms with E-state index in [0.29, 0.717) is 16.8 Å². The molecule has 0 spiro atoms. The fourth-order valence-corrected chi connectivity index (χ4v) is 1.13. The highest BCUT2D eigenvalue weighted by molar-refractivity contribution is 6.29. The van der Waals surface area contributed by atoms with Gasteiger partial charge in [-0.15, -0.1) is 0 Å². The highest BCUT2D eigenvalue weighted by atomic mass is 35.5. The summed E-state index contributed by atoms with van der Waals surface area (Å²) < 4.78 is 0. The van der Waals surface area contributed by atoms with E-state index in [9.17, 15) is 0 Å². The van der Waals surface area contributed by atoms with Crippen LogP contribution in [0, 0.1) is 5.92 Å². The third kappa shape index (κ3) is 3.51. The number of pyridine rings is 1. The van der Waals surface area contributed by atoms with E-state index in [-0.39, 0.29) is 0 Å². The molecular formula is C9H14ClN3. The van der Waals surface area contributed by atoms with Crippen molar-refractivity contribution in [3.63, 3.8) is 0 Å². The number of aromatic nitrogens is 1. The van der Waals surface area contributed by atoms with E-state index in [2.05, 4.69) is 24.1 Å². The molecule has 1 heterocycles. The Balaban J connectivity index is 2.66. The summed E-state index contributed by atoms with van der Waals surface area (Å²) in [6, 6.07) is 3.40. The van der Waals surface area contributed by atoms with Crippen LogP contribution >= 0.6 is 11.6 Å². The van der Waals surface area contributed by atoms with E-state index < -0.39 is 0 Å². The molecule has 0 atom stereocenters. The first-order valence-electron chi connectivity index (χ1n) is 4.25. The van der Waals surface area contributed by atoms with Gasteiger partial charge in [0.2, 0.25) is 0 Å². The number of hydrogen-bond acceptors (Lipinski definition) is 3. The molecule has 1 aromatic rings. The molecule has 13 heavy (non-hydrogen) atoms. The zero-order valence-electron chi connectivity index (χ0n) is 7.84. The molecule has 0 amide bonds. The van der Waals surface area contributed by atoms with E-state index in [4.69, 9.17) is 17.3 Å². The van der Waals surface area contributed by atoms with Gasteiger partial charge in [0.15, 0.2) is 0 Å². The second-order valence-corrected chi connectivity index (χ2v) is 3.77. The molecule has 0 aliphatic heterocycles. The minimum atomic E-state index is 0.422. The Morgan fingerprint density at radius 3 is 2.77 bits per heavy atom. The number of rotatable bonds is 3. The van der Waals surface area contributed by atoms with Crippen LogP contribution in [0.3, 0.4) is 0 Å². The van der Waals surface area contributed by atoms with Crippen LogP contribution in [0.2, 0.25) is 5.15 Å². The minimum Gasteiger partial charge on any atom is -0.399 e. The van der Waals surface area contributed by atoms with Crippen LogP contribution in [-0.2, 0) is 0 Å². The highest BCUT2D eigenvalue weighted by Gasteiger charge is 1.99. The lowest BCUT2D eigenvalue weighted by Gasteiger charge is -2.08. The summed E-state index contributed by atoms with van der Waals surface area (Å²) in [6.45, 7) is 5.12. The van der Waals surface area contributed by atoms with Crippen LogP contribution in [0.5, 0.6) is 0 Å². The number of anilines is 2. The average Bonchev–Trinajstić information content (AvgIpc) is 1.99. The molecule has 4 heteroatoms. The number of nitrogens with two attached hydrogens (primary N) is 1. The maximum absolute atomic E-state index is 5.73. The standard InChI is InChI=1S/C9H14ClN3/c1-6(2)5-12-9-4-7(11)3-8(10)13-9/h3-4,6H,5H2,1-2H3,(H3,11,12,13). The van der Waals surface area contributed by atoms with Gasteiger partial charge in [-0.2, -0.15) is 0 Å². The first-order valence-corrected chi connectivity index (χ1v) is 4.62. The Hall–Kier alpha value is -0.960. The van der Waals surface area contributed by atoms with Gasteiger partial charge in [-0.25, -0.2) is 4.98 Å². The monoisotopic (exact) mass is 199 g/mol. The maximum atomic E-state index is 5.73. The second-order valence-electron chi connectivity index (χ2n) is 3.38. The van der Waals surface area contributed by atoms with Crippen LogP contribution in [0.15, 0.2) is 12.1 Å². The molecule has 0 unspecified atom stereocenters. The van der Waals surface area contributed by atoms with Gasteiger partial charge in [-0.3, -0.25) is 0 Å². The van der Waals surface area contributed by atoms with Gasteiger partial charge in [0.05, 0.1) is 0 Å². The summed E-state index contributed by atoms with van der Waals surface area (Å²) in [4.78, 5) is 4.08. The van der Waals surface area contributed by atoms with E-state index >= 15 is 0 Å².